The Balaban J connectivity index is 1.79. The highest BCUT2D eigenvalue weighted by atomic mass is 32.1. The summed E-state index contributed by atoms with van der Waals surface area (Å²) in [5, 5.41) is 18.2. The van der Waals surface area contributed by atoms with Gasteiger partial charge in [-0.3, -0.25) is 0 Å². The Hall–Kier alpha value is -3.90. The maximum absolute atomic E-state index is 12.9. The zero-order chi connectivity index (χ0) is 24.8. The maximum Gasteiger partial charge on any atom is 0.338 e. The molecule has 0 bridgehead atoms. The molecule has 34 heavy (non-hydrogen) atoms. The molecule has 0 saturated carbocycles. The van der Waals surface area contributed by atoms with Crippen molar-refractivity contribution < 1.29 is 14.3 Å². The second kappa shape index (κ2) is 10.8. The van der Waals surface area contributed by atoms with Crippen molar-refractivity contribution in [3.8, 4) is 6.07 Å². The van der Waals surface area contributed by atoms with Gasteiger partial charge in [-0.15, -0.1) is 0 Å². The van der Waals surface area contributed by atoms with Crippen LogP contribution in [0.3, 0.4) is 0 Å². The second-order valence-corrected chi connectivity index (χ2v) is 8.36. The van der Waals surface area contributed by atoms with Gasteiger partial charge in [0.05, 0.1) is 29.4 Å². The highest BCUT2D eigenvalue weighted by Gasteiger charge is 2.34. The van der Waals surface area contributed by atoms with Crippen molar-refractivity contribution in [3.63, 3.8) is 0 Å². The van der Waals surface area contributed by atoms with Crippen LogP contribution in [-0.2, 0) is 9.53 Å². The lowest BCUT2D eigenvalue weighted by atomic mass is 9.94. The number of ether oxygens (including phenoxy) is 1. The van der Waals surface area contributed by atoms with E-state index in [9.17, 15) is 9.59 Å². The van der Waals surface area contributed by atoms with E-state index < -0.39 is 18.0 Å². The number of hydrogen-bond donors (Lipinski definition) is 3. The molecule has 3 N–H and O–H groups in total. The van der Waals surface area contributed by atoms with Gasteiger partial charge >= 0.3 is 12.0 Å². The zero-order valence-corrected chi connectivity index (χ0v) is 20.3. The number of rotatable bonds is 6. The van der Waals surface area contributed by atoms with Crippen LogP contribution in [0.25, 0.3) is 0 Å². The quantitative estimate of drug-likeness (QED) is 0.410. The molecule has 0 radical (unpaired) electrons. The van der Waals surface area contributed by atoms with Crippen molar-refractivity contribution in [2.45, 2.75) is 39.8 Å². The number of thiocarbonyl (C=S) groups is 1. The summed E-state index contributed by atoms with van der Waals surface area (Å²) >= 11 is 5.51. The minimum atomic E-state index is -0.474. The van der Waals surface area contributed by atoms with Crippen molar-refractivity contribution >= 4 is 40.7 Å². The van der Waals surface area contributed by atoms with E-state index in [1.807, 2.05) is 50.8 Å². The van der Waals surface area contributed by atoms with Gasteiger partial charge < -0.3 is 25.6 Å². The lowest BCUT2D eigenvalue weighted by molar-refractivity contribution is -0.143. The van der Waals surface area contributed by atoms with Gasteiger partial charge in [0.1, 0.15) is 0 Å². The molecule has 0 aliphatic carbocycles. The number of nitrogens with zero attached hydrogens (tertiary/aromatic N) is 2. The molecule has 9 heteroatoms. The average molecular weight is 478 g/mol. The van der Waals surface area contributed by atoms with Crippen molar-refractivity contribution in [1.82, 2.24) is 10.2 Å². The van der Waals surface area contributed by atoms with E-state index in [0.717, 1.165) is 11.3 Å². The van der Waals surface area contributed by atoms with E-state index in [4.69, 9.17) is 22.2 Å². The fraction of sp³-hybridized carbons (Fsp3) is 0.280. The topological polar surface area (TPSA) is 106 Å². The lowest BCUT2D eigenvalue weighted by Crippen LogP contribution is -2.47. The fourth-order valence-corrected chi connectivity index (χ4v) is 4.06. The first-order valence-electron chi connectivity index (χ1n) is 10.9. The summed E-state index contributed by atoms with van der Waals surface area (Å²) in [4.78, 5) is 27.2. The summed E-state index contributed by atoms with van der Waals surface area (Å²) in [6.45, 7) is 8.07. The number of urea groups is 1. The van der Waals surface area contributed by atoms with Gasteiger partial charge in [0.2, 0.25) is 0 Å². The number of hydrogen-bond acceptors (Lipinski definition) is 5. The van der Waals surface area contributed by atoms with Crippen LogP contribution in [0.1, 0.15) is 44.9 Å². The first-order valence-corrected chi connectivity index (χ1v) is 11.3. The summed E-state index contributed by atoms with van der Waals surface area (Å²) in [6.07, 6.45) is -0.253. The highest BCUT2D eigenvalue weighted by molar-refractivity contribution is 7.80. The molecule has 2 aromatic rings. The molecule has 0 saturated heterocycles. The Labute approximate surface area is 204 Å². The van der Waals surface area contributed by atoms with Gasteiger partial charge in [-0.1, -0.05) is 18.2 Å². The van der Waals surface area contributed by atoms with Crippen LogP contribution >= 0.6 is 12.2 Å². The highest BCUT2D eigenvalue weighted by Crippen LogP contribution is 2.32. The average Bonchev–Trinajstić information content (AvgIpc) is 2.79. The number of nitrogens with one attached hydrogen (secondary N) is 3. The van der Waals surface area contributed by atoms with Crippen LogP contribution < -0.4 is 16.0 Å². The normalized spacial score (nSPS) is 15.5. The summed E-state index contributed by atoms with van der Waals surface area (Å²) in [5.41, 5.74) is 3.60. The Morgan fingerprint density at radius 3 is 2.47 bits per heavy atom. The Bertz CT molecular complexity index is 1170. The third-order valence-corrected chi connectivity index (χ3v) is 5.56. The molecule has 0 aromatic heterocycles. The van der Waals surface area contributed by atoms with Crippen LogP contribution in [0, 0.1) is 11.3 Å². The van der Waals surface area contributed by atoms with Crippen molar-refractivity contribution in [2.24, 2.45) is 0 Å². The van der Waals surface area contributed by atoms with E-state index in [2.05, 4.69) is 16.0 Å². The van der Waals surface area contributed by atoms with E-state index in [1.165, 1.54) is 0 Å². The molecule has 2 aromatic carbocycles. The number of nitriles is 1. The molecule has 1 aliphatic heterocycles. The molecule has 3 rings (SSSR count). The molecule has 0 fully saturated rings. The molecule has 1 atom stereocenters. The molecule has 2 amide bonds. The van der Waals surface area contributed by atoms with Crippen LogP contribution in [0.15, 0.2) is 59.8 Å². The molecule has 1 aliphatic rings. The minimum absolute atomic E-state index is 0.253. The van der Waals surface area contributed by atoms with Gasteiger partial charge in [-0.2, -0.15) is 5.26 Å². The van der Waals surface area contributed by atoms with Gasteiger partial charge in [-0.25, -0.2) is 9.59 Å². The van der Waals surface area contributed by atoms with Crippen LogP contribution in [-0.4, -0.2) is 34.7 Å². The van der Waals surface area contributed by atoms with Gasteiger partial charge in [0.25, 0.3) is 0 Å². The summed E-state index contributed by atoms with van der Waals surface area (Å²) < 4.78 is 5.50. The Morgan fingerprint density at radius 2 is 1.85 bits per heavy atom. The first kappa shape index (κ1) is 24.7. The predicted molar refractivity (Wildman–Crippen MR) is 135 cm³/mol. The smallest absolute Gasteiger partial charge is 0.338 e. The van der Waals surface area contributed by atoms with Crippen LogP contribution in [0.2, 0.25) is 0 Å². The maximum atomic E-state index is 12.9. The largest absolute Gasteiger partial charge is 0.459 e. The summed E-state index contributed by atoms with van der Waals surface area (Å²) in [5.74, 6) is -0.396. The predicted octanol–water partition coefficient (Wildman–Crippen LogP) is 4.68. The first-order chi connectivity index (χ1) is 16.2. The third-order valence-electron chi connectivity index (χ3n) is 5.23. The zero-order valence-electron chi connectivity index (χ0n) is 19.5. The number of benzene rings is 2. The number of amides is 2. The Morgan fingerprint density at radius 1 is 1.18 bits per heavy atom. The molecular formula is C25H27N5O3S. The van der Waals surface area contributed by atoms with Gasteiger partial charge in [0, 0.05) is 23.6 Å². The van der Waals surface area contributed by atoms with E-state index in [0.29, 0.717) is 34.2 Å². The summed E-state index contributed by atoms with van der Waals surface area (Å²) in [6, 6.07) is 14.9. The van der Waals surface area contributed by atoms with Gasteiger partial charge in [-0.05, 0) is 75.8 Å². The van der Waals surface area contributed by atoms with E-state index in [-0.39, 0.29) is 6.10 Å². The molecule has 0 unspecified atom stereocenters. The standard InChI is InChI=1S/C25H27N5O3S/c1-5-30-16(4)21(23(31)33-15(2)3)22(29-25(30)34)18-9-11-19(12-10-18)27-24(32)28-20-8-6-7-17(13-20)14-26/h6-13,15,22H,5H2,1-4H3,(H,29,34)(H2,27,28,32)/t22-/m0/s1. The number of carbonyl (C=O) groups excluding carboxylic acids is 2. The fourth-order valence-electron chi connectivity index (χ4n) is 3.67. The van der Waals surface area contributed by atoms with Crippen molar-refractivity contribution in [1.29, 1.82) is 5.26 Å². The monoisotopic (exact) mass is 477 g/mol. The third kappa shape index (κ3) is 5.71. The summed E-state index contributed by atoms with van der Waals surface area (Å²) in [7, 11) is 0. The molecule has 1 heterocycles. The molecule has 0 spiro atoms. The van der Waals surface area contributed by atoms with E-state index >= 15 is 0 Å². The number of esters is 1. The Kier molecular flexibility index (Phi) is 7.87. The molecular weight excluding hydrogens is 450 g/mol. The van der Waals surface area contributed by atoms with Crippen molar-refractivity contribution in [3.05, 3.63) is 70.9 Å². The van der Waals surface area contributed by atoms with E-state index in [1.54, 1.807) is 36.4 Å². The number of carbonyl (C=O) groups is 2. The van der Waals surface area contributed by atoms with Gasteiger partial charge in [0.15, 0.2) is 5.11 Å². The SMILES string of the molecule is CCN1C(=S)N[C@@H](c2ccc(NC(=O)Nc3cccc(C#N)c3)cc2)C(C(=O)OC(C)C)=C1C. The molecule has 8 nitrogen and oxygen atoms in total. The minimum Gasteiger partial charge on any atom is -0.459 e. The van der Waals surface area contributed by atoms with Crippen LogP contribution in [0.5, 0.6) is 0 Å². The number of allylic oxidation sites excluding steroid dienone is 1. The van der Waals surface area contributed by atoms with Crippen LogP contribution in [0.4, 0.5) is 16.2 Å². The molecule has 176 valence electrons. The lowest BCUT2D eigenvalue weighted by Gasteiger charge is -2.37. The number of anilines is 2. The second-order valence-electron chi connectivity index (χ2n) is 7.97. The van der Waals surface area contributed by atoms with Crippen molar-refractivity contribution in [2.75, 3.05) is 17.2 Å².